The lowest BCUT2D eigenvalue weighted by atomic mass is 9.75. The Hall–Kier alpha value is -3.24. The number of amides is 2. The topological polar surface area (TPSA) is 102 Å². The smallest absolute Gasteiger partial charge is 0.230 e. The molecule has 4 aliphatic rings. The highest BCUT2D eigenvalue weighted by Crippen LogP contribution is 2.50. The molecular formula is C36H32Cl4N4O4. The van der Waals surface area contributed by atoms with Crippen molar-refractivity contribution in [1.29, 1.82) is 0 Å². The first kappa shape index (κ1) is 33.3. The second kappa shape index (κ2) is 14.3. The largest absolute Gasteiger partial charge is 0.373 e. The Kier molecular flexibility index (Phi) is 9.92. The van der Waals surface area contributed by atoms with E-state index in [9.17, 15) is 9.59 Å². The summed E-state index contributed by atoms with van der Waals surface area (Å²) in [7, 11) is 0. The number of hydrogen-bond acceptors (Lipinski definition) is 6. The predicted molar refractivity (Wildman–Crippen MR) is 187 cm³/mol. The fourth-order valence-electron chi connectivity index (χ4n) is 7.64. The van der Waals surface area contributed by atoms with Crippen molar-refractivity contribution in [3.63, 3.8) is 0 Å². The van der Waals surface area contributed by atoms with E-state index in [1.807, 2.05) is 24.3 Å². The number of carbonyl (C=O) groups is 2. The minimum absolute atomic E-state index is 0.0315. The van der Waals surface area contributed by atoms with Gasteiger partial charge in [-0.25, -0.2) is 0 Å². The quantitative estimate of drug-likeness (QED) is 0.207. The first-order valence-electron chi connectivity index (χ1n) is 15.9. The standard InChI is InChI=1S/2C18H16Cl2N2O2/c2*19-12-2-1-11(9-13(12)20)22-18(23)17-15-4-3-14(24-15)16(17)10-5-7-21-8-6-10/h2*1-2,5-9,14-17H,3-4H2,(H,22,23)/t2*14-,15+,16-,17-/m10/s1. The Bertz CT molecular complexity index is 1670. The molecule has 8 rings (SSSR count). The summed E-state index contributed by atoms with van der Waals surface area (Å²) in [5, 5.41) is 7.69. The van der Waals surface area contributed by atoms with Crippen LogP contribution in [0, 0.1) is 11.8 Å². The molecule has 4 aromatic rings. The number of ether oxygens (including phenoxy) is 2. The number of rotatable bonds is 6. The van der Waals surface area contributed by atoms with Gasteiger partial charge in [-0.15, -0.1) is 0 Å². The Morgan fingerprint density at radius 3 is 1.29 bits per heavy atom. The van der Waals surface area contributed by atoms with Crippen LogP contribution >= 0.6 is 46.4 Å². The molecule has 0 aliphatic carbocycles. The molecule has 2 amide bonds. The van der Waals surface area contributed by atoms with Crippen molar-refractivity contribution in [2.45, 2.75) is 61.9 Å². The van der Waals surface area contributed by atoms with Crippen molar-refractivity contribution in [2.24, 2.45) is 11.8 Å². The number of benzene rings is 2. The monoisotopic (exact) mass is 724 g/mol. The van der Waals surface area contributed by atoms with Crippen LogP contribution in [0.15, 0.2) is 85.5 Å². The number of anilines is 2. The lowest BCUT2D eigenvalue weighted by Gasteiger charge is -2.27. The van der Waals surface area contributed by atoms with E-state index >= 15 is 0 Å². The van der Waals surface area contributed by atoms with Gasteiger partial charge in [0.1, 0.15) is 0 Å². The van der Waals surface area contributed by atoms with Crippen LogP contribution in [0.5, 0.6) is 0 Å². The molecule has 248 valence electrons. The van der Waals surface area contributed by atoms with Crippen LogP contribution in [-0.2, 0) is 19.1 Å². The summed E-state index contributed by atoms with van der Waals surface area (Å²) in [6.07, 6.45) is 11.0. The summed E-state index contributed by atoms with van der Waals surface area (Å²) >= 11 is 23.9. The number of aromatic nitrogens is 2. The average Bonchev–Trinajstić information content (AvgIpc) is 3.91. The maximum atomic E-state index is 12.9. The Labute approximate surface area is 298 Å². The number of nitrogens with zero attached hydrogens (tertiary/aromatic N) is 2. The zero-order valence-electron chi connectivity index (χ0n) is 25.6. The number of nitrogens with one attached hydrogen (secondary N) is 2. The molecule has 2 aromatic heterocycles. The third-order valence-corrected chi connectivity index (χ3v) is 11.2. The van der Waals surface area contributed by atoms with Gasteiger partial charge < -0.3 is 20.1 Å². The van der Waals surface area contributed by atoms with Gasteiger partial charge in [-0.2, -0.15) is 0 Å². The highest BCUT2D eigenvalue weighted by molar-refractivity contribution is 6.42. The van der Waals surface area contributed by atoms with Crippen LogP contribution in [-0.4, -0.2) is 46.2 Å². The molecule has 48 heavy (non-hydrogen) atoms. The van der Waals surface area contributed by atoms with E-state index in [4.69, 9.17) is 55.9 Å². The number of hydrogen-bond donors (Lipinski definition) is 2. The fraction of sp³-hybridized carbons (Fsp3) is 0.333. The third-order valence-electron chi connectivity index (χ3n) is 9.71. The van der Waals surface area contributed by atoms with E-state index < -0.39 is 0 Å². The van der Waals surface area contributed by atoms with Gasteiger partial charge in [-0.05, 0) is 97.5 Å². The summed E-state index contributed by atoms with van der Waals surface area (Å²) in [5.74, 6) is -0.366. The van der Waals surface area contributed by atoms with Crippen molar-refractivity contribution in [3.8, 4) is 0 Å². The van der Waals surface area contributed by atoms with Crippen molar-refractivity contribution in [2.75, 3.05) is 10.6 Å². The van der Waals surface area contributed by atoms with E-state index in [1.165, 1.54) is 0 Å². The van der Waals surface area contributed by atoms with Gasteiger partial charge in [0.05, 0.1) is 56.3 Å². The van der Waals surface area contributed by atoms with Crippen molar-refractivity contribution in [1.82, 2.24) is 9.97 Å². The van der Waals surface area contributed by atoms with Crippen LogP contribution < -0.4 is 10.6 Å². The van der Waals surface area contributed by atoms with E-state index in [-0.39, 0.29) is 59.9 Å². The maximum absolute atomic E-state index is 12.9. The second-order valence-electron chi connectivity index (χ2n) is 12.5. The molecule has 2 N–H and O–H groups in total. The normalized spacial score (nSPS) is 28.1. The average molecular weight is 726 g/mol. The number of fused-ring (bicyclic) bond motifs is 4. The SMILES string of the molecule is O=C(Nc1ccc(Cl)c(Cl)c1)[C@@H]1[C@@H](c2ccncc2)[C@@H]2CC[C@H]1O2.O=C(Nc1ccc(Cl)c(Cl)c1)[C@H]1[C@H](c2ccncc2)[C@H]2CC[C@@H]1O2. The van der Waals surface area contributed by atoms with E-state index in [2.05, 4.69) is 20.6 Å². The predicted octanol–water partition coefficient (Wildman–Crippen LogP) is 8.58. The van der Waals surface area contributed by atoms with Gasteiger partial charge >= 0.3 is 0 Å². The van der Waals surface area contributed by atoms with Gasteiger partial charge in [0.25, 0.3) is 0 Å². The number of carbonyl (C=O) groups excluding carboxylic acids is 2. The molecule has 4 bridgehead atoms. The highest BCUT2D eigenvalue weighted by atomic mass is 35.5. The molecule has 2 aromatic carbocycles. The molecule has 4 aliphatic heterocycles. The van der Waals surface area contributed by atoms with E-state index in [1.54, 1.807) is 61.2 Å². The summed E-state index contributed by atoms with van der Waals surface area (Å²) in [6, 6.07) is 18.1. The number of halogens is 4. The Morgan fingerprint density at radius 2 is 0.917 bits per heavy atom. The zero-order chi connectivity index (χ0) is 33.4. The first-order valence-corrected chi connectivity index (χ1v) is 17.4. The van der Waals surface area contributed by atoms with Crippen molar-refractivity contribution in [3.05, 3.63) is 117 Å². The molecule has 8 atom stereocenters. The molecule has 4 saturated heterocycles. The van der Waals surface area contributed by atoms with Gasteiger partial charge in [-0.1, -0.05) is 46.4 Å². The van der Waals surface area contributed by atoms with Gasteiger partial charge in [0, 0.05) is 48.0 Å². The summed E-state index contributed by atoms with van der Waals surface area (Å²) in [5.41, 5.74) is 3.49. The van der Waals surface area contributed by atoms with Crippen LogP contribution in [0.2, 0.25) is 20.1 Å². The molecule has 8 nitrogen and oxygen atoms in total. The lowest BCUT2D eigenvalue weighted by Crippen LogP contribution is -2.36. The first-order chi connectivity index (χ1) is 23.3. The summed E-state index contributed by atoms with van der Waals surface area (Å²) < 4.78 is 12.1. The van der Waals surface area contributed by atoms with Crippen LogP contribution in [0.3, 0.4) is 0 Å². The fourth-order valence-corrected chi connectivity index (χ4v) is 8.23. The molecule has 6 heterocycles. The lowest BCUT2D eigenvalue weighted by molar-refractivity contribution is -0.122. The molecule has 0 spiro atoms. The highest BCUT2D eigenvalue weighted by Gasteiger charge is 2.53. The second-order valence-corrected chi connectivity index (χ2v) is 14.1. The molecule has 0 saturated carbocycles. The van der Waals surface area contributed by atoms with Crippen LogP contribution in [0.25, 0.3) is 0 Å². The van der Waals surface area contributed by atoms with Gasteiger partial charge in [-0.3, -0.25) is 19.6 Å². The van der Waals surface area contributed by atoms with Crippen molar-refractivity contribution >= 4 is 69.6 Å². The summed E-state index contributed by atoms with van der Waals surface area (Å²) in [6.45, 7) is 0. The Morgan fingerprint density at radius 1 is 0.542 bits per heavy atom. The maximum Gasteiger partial charge on any atom is 0.230 e. The van der Waals surface area contributed by atoms with E-state index in [0.717, 1.165) is 36.8 Å². The minimum atomic E-state index is -0.208. The zero-order valence-corrected chi connectivity index (χ0v) is 28.6. The van der Waals surface area contributed by atoms with Gasteiger partial charge in [0.15, 0.2) is 0 Å². The Balaban J connectivity index is 0.000000152. The van der Waals surface area contributed by atoms with Crippen LogP contribution in [0.1, 0.15) is 48.6 Å². The van der Waals surface area contributed by atoms with Crippen molar-refractivity contribution < 1.29 is 19.1 Å². The minimum Gasteiger partial charge on any atom is -0.373 e. The number of pyridine rings is 2. The molecular weight excluding hydrogens is 694 g/mol. The summed E-state index contributed by atoms with van der Waals surface area (Å²) in [4.78, 5) is 33.9. The molecule has 4 fully saturated rings. The molecule has 0 radical (unpaired) electrons. The molecule has 0 unspecified atom stereocenters. The van der Waals surface area contributed by atoms with E-state index in [0.29, 0.717) is 31.5 Å². The molecule has 12 heteroatoms. The van der Waals surface area contributed by atoms with Crippen LogP contribution in [0.4, 0.5) is 11.4 Å². The third kappa shape index (κ3) is 6.79. The van der Waals surface area contributed by atoms with Gasteiger partial charge in [0.2, 0.25) is 11.8 Å².